The van der Waals surface area contributed by atoms with Gasteiger partial charge in [0.05, 0.1) is 5.56 Å². The number of carboxylic acids is 1. The van der Waals surface area contributed by atoms with E-state index in [2.05, 4.69) is 22.7 Å². The van der Waals surface area contributed by atoms with Crippen molar-refractivity contribution in [2.24, 2.45) is 5.11 Å². The Morgan fingerprint density at radius 3 is 2.79 bits per heavy atom. The van der Waals surface area contributed by atoms with Crippen molar-refractivity contribution in [3.63, 3.8) is 0 Å². The highest BCUT2D eigenvalue weighted by Crippen LogP contribution is 2.26. The van der Waals surface area contributed by atoms with E-state index < -0.39 is 5.97 Å². The van der Waals surface area contributed by atoms with Crippen LogP contribution in [0.15, 0.2) is 22.1 Å². The summed E-state index contributed by atoms with van der Waals surface area (Å²) in [5.41, 5.74) is 9.26. The number of nitrogens with zero attached hydrogens (tertiary/aromatic N) is 3. The average Bonchev–Trinajstić information content (AvgIpc) is 2.12. The highest BCUT2D eigenvalue weighted by molar-refractivity contribution is 7.80. The van der Waals surface area contributed by atoms with E-state index in [1.54, 1.807) is 6.92 Å². The van der Waals surface area contributed by atoms with Gasteiger partial charge >= 0.3 is 5.97 Å². The van der Waals surface area contributed by atoms with Crippen LogP contribution in [0.2, 0.25) is 0 Å². The van der Waals surface area contributed by atoms with Crippen molar-refractivity contribution in [3.05, 3.63) is 33.7 Å². The Kier molecular flexibility index (Phi) is 3.01. The van der Waals surface area contributed by atoms with E-state index in [1.165, 1.54) is 12.1 Å². The Bertz CT molecular complexity index is 438. The van der Waals surface area contributed by atoms with Crippen LogP contribution in [-0.2, 0) is 0 Å². The molecule has 72 valence electrons. The fourth-order valence-corrected chi connectivity index (χ4v) is 1.21. The van der Waals surface area contributed by atoms with Crippen LogP contribution in [0.5, 0.6) is 0 Å². The van der Waals surface area contributed by atoms with Crippen molar-refractivity contribution in [1.82, 2.24) is 0 Å². The number of benzene rings is 1. The molecule has 1 aromatic rings. The van der Waals surface area contributed by atoms with Crippen molar-refractivity contribution in [1.29, 1.82) is 0 Å². The zero-order valence-electron chi connectivity index (χ0n) is 7.30. The molecule has 0 saturated carbocycles. The van der Waals surface area contributed by atoms with Crippen molar-refractivity contribution >= 4 is 24.3 Å². The van der Waals surface area contributed by atoms with E-state index >= 15 is 0 Å². The van der Waals surface area contributed by atoms with E-state index in [1.807, 2.05) is 0 Å². The maximum atomic E-state index is 10.7. The van der Waals surface area contributed by atoms with Gasteiger partial charge in [0.25, 0.3) is 0 Å². The van der Waals surface area contributed by atoms with Crippen molar-refractivity contribution in [2.45, 2.75) is 11.8 Å². The van der Waals surface area contributed by atoms with Crippen LogP contribution in [0.25, 0.3) is 10.4 Å². The van der Waals surface area contributed by atoms with Crippen molar-refractivity contribution in [2.75, 3.05) is 0 Å². The molecule has 0 aliphatic heterocycles. The first-order valence-corrected chi connectivity index (χ1v) is 4.13. The number of thiol groups is 1. The molecule has 0 spiro atoms. The summed E-state index contributed by atoms with van der Waals surface area (Å²) in [5.74, 6) is -1.07. The van der Waals surface area contributed by atoms with Gasteiger partial charge in [0, 0.05) is 15.5 Å². The van der Waals surface area contributed by atoms with E-state index in [9.17, 15) is 4.79 Å². The Balaban J connectivity index is 3.42. The average molecular weight is 209 g/mol. The number of azide groups is 1. The number of hydrogen-bond acceptors (Lipinski definition) is 3. The van der Waals surface area contributed by atoms with Crippen LogP contribution in [0.3, 0.4) is 0 Å². The lowest BCUT2D eigenvalue weighted by Gasteiger charge is -2.04. The van der Waals surface area contributed by atoms with Gasteiger partial charge in [-0.2, -0.15) is 0 Å². The molecule has 0 fully saturated rings. The van der Waals surface area contributed by atoms with Gasteiger partial charge in [0.1, 0.15) is 0 Å². The van der Waals surface area contributed by atoms with Crippen LogP contribution >= 0.6 is 12.6 Å². The lowest BCUT2D eigenvalue weighted by atomic mass is 10.1. The van der Waals surface area contributed by atoms with Gasteiger partial charge in [-0.3, -0.25) is 0 Å². The molecule has 0 aliphatic carbocycles. The highest BCUT2D eigenvalue weighted by Gasteiger charge is 2.08. The third-order valence-electron chi connectivity index (χ3n) is 1.75. The molecule has 0 aromatic heterocycles. The standard InChI is InChI=1S/C8H7N3O2S/c1-4-6(10-11-9)2-5(8(12)13)3-7(4)14/h2-3,14H,1H3,(H,12,13). The summed E-state index contributed by atoms with van der Waals surface area (Å²) >= 11 is 4.08. The first kappa shape index (κ1) is 10.4. The minimum Gasteiger partial charge on any atom is -0.478 e. The Labute approximate surface area is 85.4 Å². The molecule has 0 amide bonds. The summed E-state index contributed by atoms with van der Waals surface area (Å²) in [6.45, 7) is 1.71. The Morgan fingerprint density at radius 2 is 2.29 bits per heavy atom. The molecular formula is C8H7N3O2S. The second-order valence-electron chi connectivity index (χ2n) is 2.63. The first-order valence-electron chi connectivity index (χ1n) is 3.68. The molecule has 1 N–H and O–H groups in total. The third kappa shape index (κ3) is 1.99. The van der Waals surface area contributed by atoms with Crippen LogP contribution in [-0.4, -0.2) is 11.1 Å². The number of rotatable bonds is 2. The minimum absolute atomic E-state index is 0.0583. The highest BCUT2D eigenvalue weighted by atomic mass is 32.1. The van der Waals surface area contributed by atoms with Gasteiger partial charge in [-0.15, -0.1) is 12.6 Å². The molecule has 0 saturated heterocycles. The van der Waals surface area contributed by atoms with Crippen LogP contribution in [0, 0.1) is 6.92 Å². The van der Waals surface area contributed by atoms with Gasteiger partial charge in [0.15, 0.2) is 0 Å². The summed E-state index contributed by atoms with van der Waals surface area (Å²) in [6.07, 6.45) is 0. The molecule has 0 radical (unpaired) electrons. The van der Waals surface area contributed by atoms with Gasteiger partial charge in [-0.25, -0.2) is 4.79 Å². The SMILES string of the molecule is Cc1c(S)cc(C(=O)O)cc1N=[N+]=[N-]. The van der Waals surface area contributed by atoms with Crippen molar-refractivity contribution in [3.8, 4) is 0 Å². The molecule has 1 aromatic carbocycles. The number of carbonyl (C=O) groups is 1. The quantitative estimate of drug-likeness (QED) is 0.339. The summed E-state index contributed by atoms with van der Waals surface area (Å²) < 4.78 is 0. The molecule has 5 nitrogen and oxygen atoms in total. The summed E-state index contributed by atoms with van der Waals surface area (Å²) in [6, 6.07) is 2.73. The molecule has 0 aliphatic rings. The normalized spacial score (nSPS) is 9.29. The lowest BCUT2D eigenvalue weighted by molar-refractivity contribution is 0.0696. The molecular weight excluding hydrogens is 202 g/mol. The van der Waals surface area contributed by atoms with Crippen LogP contribution in [0.4, 0.5) is 5.69 Å². The van der Waals surface area contributed by atoms with Crippen molar-refractivity contribution < 1.29 is 9.90 Å². The van der Waals surface area contributed by atoms with Gasteiger partial charge in [0.2, 0.25) is 0 Å². The monoisotopic (exact) mass is 209 g/mol. The Morgan fingerprint density at radius 1 is 1.64 bits per heavy atom. The number of aromatic carboxylic acids is 1. The predicted molar refractivity (Wildman–Crippen MR) is 54.2 cm³/mol. The third-order valence-corrected chi connectivity index (χ3v) is 2.22. The number of hydrogen-bond donors (Lipinski definition) is 2. The maximum Gasteiger partial charge on any atom is 0.335 e. The summed E-state index contributed by atoms with van der Waals surface area (Å²) in [4.78, 5) is 13.8. The largest absolute Gasteiger partial charge is 0.478 e. The molecule has 14 heavy (non-hydrogen) atoms. The first-order chi connectivity index (χ1) is 6.56. The fraction of sp³-hybridized carbons (Fsp3) is 0.125. The van der Waals surface area contributed by atoms with Gasteiger partial charge in [-0.1, -0.05) is 5.11 Å². The van der Waals surface area contributed by atoms with E-state index in [0.29, 0.717) is 10.5 Å². The van der Waals surface area contributed by atoms with E-state index in [-0.39, 0.29) is 11.3 Å². The topological polar surface area (TPSA) is 86.1 Å². The second kappa shape index (κ2) is 4.04. The fourth-order valence-electron chi connectivity index (χ4n) is 0.960. The molecule has 6 heteroatoms. The van der Waals surface area contributed by atoms with E-state index in [0.717, 1.165) is 0 Å². The minimum atomic E-state index is -1.07. The van der Waals surface area contributed by atoms with Crippen LogP contribution in [0.1, 0.15) is 15.9 Å². The smallest absolute Gasteiger partial charge is 0.335 e. The summed E-state index contributed by atoms with van der Waals surface area (Å²) in [5, 5.41) is 12.1. The maximum absolute atomic E-state index is 10.7. The molecule has 1 rings (SSSR count). The predicted octanol–water partition coefficient (Wildman–Crippen LogP) is 2.92. The summed E-state index contributed by atoms with van der Waals surface area (Å²) in [7, 11) is 0. The lowest BCUT2D eigenvalue weighted by Crippen LogP contribution is -1.96. The number of carboxylic acid groups (broad SMARTS) is 1. The van der Waals surface area contributed by atoms with Gasteiger partial charge < -0.3 is 5.11 Å². The van der Waals surface area contributed by atoms with E-state index in [4.69, 9.17) is 10.6 Å². The zero-order valence-corrected chi connectivity index (χ0v) is 8.19. The molecule has 0 heterocycles. The molecule has 0 bridgehead atoms. The Hall–Kier alpha value is -1.65. The second-order valence-corrected chi connectivity index (χ2v) is 3.12. The zero-order chi connectivity index (χ0) is 10.7. The van der Waals surface area contributed by atoms with Crippen LogP contribution < -0.4 is 0 Å². The van der Waals surface area contributed by atoms with Gasteiger partial charge in [-0.05, 0) is 30.2 Å². The molecule has 0 unspecified atom stereocenters. The molecule has 0 atom stereocenters.